The number of aromatic nitrogens is 4. The second-order valence-electron chi connectivity index (χ2n) is 8.62. The van der Waals surface area contributed by atoms with E-state index in [4.69, 9.17) is 35.9 Å². The van der Waals surface area contributed by atoms with E-state index in [-0.39, 0.29) is 24.3 Å². The minimum atomic E-state index is -4.16. The monoisotopic (exact) mass is 554 g/mol. The summed E-state index contributed by atoms with van der Waals surface area (Å²) in [6.07, 6.45) is -0.759. The molecule has 1 aliphatic heterocycles. The number of fused-ring (bicyclic) bond motifs is 1. The van der Waals surface area contributed by atoms with Crippen LogP contribution >= 0.6 is 19.3 Å². The van der Waals surface area contributed by atoms with Crippen LogP contribution in [0.4, 0.5) is 5.82 Å². The van der Waals surface area contributed by atoms with Crippen LogP contribution in [0.15, 0.2) is 43.0 Å². The van der Waals surface area contributed by atoms with Crippen molar-refractivity contribution < 1.29 is 33.0 Å². The van der Waals surface area contributed by atoms with E-state index < -0.39 is 43.6 Å². The molecule has 37 heavy (non-hydrogen) atoms. The zero-order valence-electron chi connectivity index (χ0n) is 20.3. The SMILES string of the molecule is CC(C)OC(=O)[C@@H](C)N[P@](=O)(OC[C@H]1O[C@@H](n2cnc3c(N)ncnc32)[C@@H](Cl)[C@@H]1O)Oc1ccccc1. The van der Waals surface area contributed by atoms with Gasteiger partial charge in [0.05, 0.1) is 19.0 Å². The molecular formula is C22H28ClN6O7P. The Morgan fingerprint density at radius 1 is 1.27 bits per heavy atom. The van der Waals surface area contributed by atoms with Crippen molar-refractivity contribution in [3.05, 3.63) is 43.0 Å². The van der Waals surface area contributed by atoms with Crippen molar-refractivity contribution in [3.8, 4) is 5.75 Å². The molecule has 0 aliphatic carbocycles. The zero-order valence-corrected chi connectivity index (χ0v) is 22.0. The highest BCUT2D eigenvalue weighted by atomic mass is 35.5. The molecule has 13 nitrogen and oxygen atoms in total. The molecule has 4 rings (SSSR count). The Morgan fingerprint density at radius 3 is 2.70 bits per heavy atom. The fraction of sp³-hybridized carbons (Fsp3) is 0.455. The number of alkyl halides is 1. The number of aliphatic hydroxyl groups is 1. The fourth-order valence-electron chi connectivity index (χ4n) is 3.63. The number of nitrogen functional groups attached to an aromatic ring is 1. The standard InChI is InChI=1S/C22H28ClN6O7P/c1-12(2)34-22(31)13(3)28-37(32,36-14-7-5-4-6-8-14)33-9-15-18(30)16(23)21(35-15)29-11-27-17-19(24)25-10-26-20(17)29/h4-8,10-13,15-16,18,21,30H,9H2,1-3H3,(H,28,32)(H2,24,25,26)/t13-,15-,16+,18-,21-,37+/m1/s1. The van der Waals surface area contributed by atoms with Crippen molar-refractivity contribution in [2.45, 2.75) is 56.7 Å². The average molecular weight is 555 g/mol. The van der Waals surface area contributed by atoms with Crippen molar-refractivity contribution in [1.29, 1.82) is 0 Å². The first-order valence-corrected chi connectivity index (χ1v) is 13.4. The van der Waals surface area contributed by atoms with E-state index in [2.05, 4.69) is 20.0 Å². The molecule has 0 amide bonds. The Labute approximate surface area is 217 Å². The average Bonchev–Trinajstić information content (AvgIpc) is 3.40. The van der Waals surface area contributed by atoms with Crippen LogP contribution in [0.25, 0.3) is 11.2 Å². The number of esters is 1. The number of hydrogen-bond acceptors (Lipinski definition) is 11. The fourth-order valence-corrected chi connectivity index (χ4v) is 5.47. The minimum Gasteiger partial charge on any atom is -0.462 e. The second kappa shape index (κ2) is 11.3. The Kier molecular flexibility index (Phi) is 8.32. The van der Waals surface area contributed by atoms with Crippen LogP contribution in [-0.4, -0.2) is 66.9 Å². The highest BCUT2D eigenvalue weighted by Crippen LogP contribution is 2.46. The van der Waals surface area contributed by atoms with Gasteiger partial charge in [0.25, 0.3) is 0 Å². The second-order valence-corrected chi connectivity index (χ2v) is 10.8. The van der Waals surface area contributed by atoms with E-state index in [0.29, 0.717) is 11.2 Å². The van der Waals surface area contributed by atoms with Crippen LogP contribution in [0.3, 0.4) is 0 Å². The topological polar surface area (TPSA) is 173 Å². The molecular weight excluding hydrogens is 527 g/mol. The van der Waals surface area contributed by atoms with Crippen molar-refractivity contribution in [2.24, 2.45) is 0 Å². The highest BCUT2D eigenvalue weighted by Gasteiger charge is 2.46. The lowest BCUT2D eigenvalue weighted by Crippen LogP contribution is -2.37. The van der Waals surface area contributed by atoms with Gasteiger partial charge in [-0.05, 0) is 32.9 Å². The maximum absolute atomic E-state index is 13.7. The molecule has 0 spiro atoms. The number of ether oxygens (including phenoxy) is 2. The van der Waals surface area contributed by atoms with E-state index in [1.807, 2.05) is 0 Å². The number of nitrogens with one attached hydrogen (secondary N) is 1. The lowest BCUT2D eigenvalue weighted by molar-refractivity contribution is -0.149. The van der Waals surface area contributed by atoms with Crippen LogP contribution in [0.5, 0.6) is 5.75 Å². The van der Waals surface area contributed by atoms with Gasteiger partial charge in [-0.3, -0.25) is 13.9 Å². The normalized spacial score (nSPS) is 24.2. The number of carbonyl (C=O) groups is 1. The largest absolute Gasteiger partial charge is 0.462 e. The Hall–Kier alpha value is -2.80. The molecule has 3 aromatic rings. The minimum absolute atomic E-state index is 0.184. The summed E-state index contributed by atoms with van der Waals surface area (Å²) in [5, 5.41) is 12.4. The number of aliphatic hydroxyl groups excluding tert-OH is 1. The predicted octanol–water partition coefficient (Wildman–Crippen LogP) is 2.41. The third-order valence-corrected chi connectivity index (χ3v) is 7.51. The molecule has 1 saturated heterocycles. The molecule has 15 heteroatoms. The molecule has 1 aliphatic rings. The molecule has 1 aromatic carbocycles. The van der Waals surface area contributed by atoms with Gasteiger partial charge in [-0.25, -0.2) is 19.5 Å². The molecule has 200 valence electrons. The smallest absolute Gasteiger partial charge is 0.459 e. The van der Waals surface area contributed by atoms with E-state index in [1.165, 1.54) is 24.1 Å². The van der Waals surface area contributed by atoms with Crippen molar-refractivity contribution >= 4 is 42.3 Å². The van der Waals surface area contributed by atoms with Crippen LogP contribution in [0.2, 0.25) is 0 Å². The van der Waals surface area contributed by atoms with E-state index >= 15 is 0 Å². The van der Waals surface area contributed by atoms with Crippen LogP contribution < -0.4 is 15.3 Å². The number of carbonyl (C=O) groups excluding carboxylic acids is 1. The van der Waals surface area contributed by atoms with Gasteiger partial charge in [-0.2, -0.15) is 5.09 Å². The van der Waals surface area contributed by atoms with E-state index in [0.717, 1.165) is 0 Å². The molecule has 0 radical (unpaired) electrons. The lowest BCUT2D eigenvalue weighted by Gasteiger charge is -2.25. The number of hydrogen-bond donors (Lipinski definition) is 3. The molecule has 4 N–H and O–H groups in total. The quantitative estimate of drug-likeness (QED) is 0.190. The molecule has 0 saturated carbocycles. The summed E-state index contributed by atoms with van der Waals surface area (Å²) in [4.78, 5) is 24.6. The number of nitrogens with zero attached hydrogens (tertiary/aromatic N) is 4. The molecule has 6 atom stereocenters. The third kappa shape index (κ3) is 6.20. The van der Waals surface area contributed by atoms with Crippen LogP contribution in [-0.2, 0) is 23.4 Å². The van der Waals surface area contributed by atoms with Gasteiger partial charge in [-0.15, -0.1) is 11.6 Å². The zero-order chi connectivity index (χ0) is 26.7. The summed E-state index contributed by atoms with van der Waals surface area (Å²) >= 11 is 6.48. The van der Waals surface area contributed by atoms with Gasteiger partial charge < -0.3 is 24.8 Å². The van der Waals surface area contributed by atoms with Crippen molar-refractivity contribution in [1.82, 2.24) is 24.6 Å². The highest BCUT2D eigenvalue weighted by molar-refractivity contribution is 7.52. The van der Waals surface area contributed by atoms with Crippen molar-refractivity contribution in [2.75, 3.05) is 12.3 Å². The first kappa shape index (κ1) is 27.2. The molecule has 3 heterocycles. The summed E-state index contributed by atoms with van der Waals surface area (Å²) in [6.45, 7) is 4.48. The summed E-state index contributed by atoms with van der Waals surface area (Å²) in [5.41, 5.74) is 6.58. The maximum atomic E-state index is 13.7. The molecule has 2 aromatic heterocycles. The number of halogens is 1. The Morgan fingerprint density at radius 2 is 2.00 bits per heavy atom. The van der Waals surface area contributed by atoms with Crippen LogP contribution in [0.1, 0.15) is 27.0 Å². The number of anilines is 1. The summed E-state index contributed by atoms with van der Waals surface area (Å²) in [6, 6.07) is 7.28. The summed E-state index contributed by atoms with van der Waals surface area (Å²) in [5.74, 6) is -0.212. The first-order valence-electron chi connectivity index (χ1n) is 11.5. The van der Waals surface area contributed by atoms with Gasteiger partial charge in [0.2, 0.25) is 0 Å². The Balaban J connectivity index is 1.50. The van der Waals surface area contributed by atoms with Crippen LogP contribution in [0, 0.1) is 0 Å². The summed E-state index contributed by atoms with van der Waals surface area (Å²) in [7, 11) is -4.16. The predicted molar refractivity (Wildman–Crippen MR) is 134 cm³/mol. The number of benzene rings is 1. The molecule has 0 bridgehead atoms. The van der Waals surface area contributed by atoms with E-state index in [9.17, 15) is 14.5 Å². The van der Waals surface area contributed by atoms with E-state index in [1.54, 1.807) is 44.2 Å². The summed E-state index contributed by atoms with van der Waals surface area (Å²) < 4.78 is 37.6. The van der Waals surface area contributed by atoms with Gasteiger partial charge in [-0.1, -0.05) is 18.2 Å². The number of para-hydroxylation sites is 1. The lowest BCUT2D eigenvalue weighted by atomic mass is 10.2. The Bertz CT molecular complexity index is 1280. The van der Waals surface area contributed by atoms with Gasteiger partial charge >= 0.3 is 13.7 Å². The van der Waals surface area contributed by atoms with Gasteiger partial charge in [0.15, 0.2) is 17.7 Å². The molecule has 0 unspecified atom stereocenters. The van der Waals surface area contributed by atoms with Gasteiger partial charge in [0.1, 0.15) is 41.2 Å². The van der Waals surface area contributed by atoms with Crippen molar-refractivity contribution in [3.63, 3.8) is 0 Å². The van der Waals surface area contributed by atoms with Gasteiger partial charge in [0, 0.05) is 0 Å². The number of nitrogens with two attached hydrogens (primary N) is 1. The maximum Gasteiger partial charge on any atom is 0.459 e. The number of rotatable bonds is 10. The first-order chi connectivity index (χ1) is 17.6. The molecule has 1 fully saturated rings. The number of imidazole rings is 1. The third-order valence-electron chi connectivity index (χ3n) is 5.39.